The highest BCUT2D eigenvalue weighted by molar-refractivity contribution is 6.11. The van der Waals surface area contributed by atoms with E-state index in [1.807, 2.05) is 0 Å². The van der Waals surface area contributed by atoms with Gasteiger partial charge in [0.15, 0.2) is 0 Å². The molecule has 86 heavy (non-hydrogen) atoms. The topological polar surface area (TPSA) is 8.17 Å². The lowest BCUT2D eigenvalue weighted by atomic mass is 9.66. The number of benzene rings is 13. The third-order valence-corrected chi connectivity index (χ3v) is 19.0. The quantitative estimate of drug-likeness (QED) is 0.132. The third-order valence-electron chi connectivity index (χ3n) is 19.0. The maximum atomic E-state index is 2.54. The van der Waals surface area contributed by atoms with Gasteiger partial charge < -0.3 is 9.47 Å². The predicted molar refractivity (Wildman–Crippen MR) is 359 cm³/mol. The zero-order chi connectivity index (χ0) is 56.8. The van der Waals surface area contributed by atoms with Crippen LogP contribution in [0.2, 0.25) is 0 Å². The van der Waals surface area contributed by atoms with Crippen LogP contribution in [0.3, 0.4) is 0 Å². The van der Waals surface area contributed by atoms with Crippen LogP contribution in [0.5, 0.6) is 0 Å². The van der Waals surface area contributed by atoms with Crippen LogP contribution in [-0.2, 0) is 10.8 Å². The van der Waals surface area contributed by atoms with E-state index in [1.165, 1.54) is 93.8 Å². The van der Waals surface area contributed by atoms with E-state index in [0.717, 1.165) is 63.4 Å². The second-order valence-corrected chi connectivity index (χ2v) is 23.3. The summed E-state index contributed by atoms with van der Waals surface area (Å²) in [4.78, 5) is 2.54. The molecule has 0 atom stereocenters. The molecule has 17 rings (SSSR count). The molecule has 0 saturated heterocycles. The van der Waals surface area contributed by atoms with Gasteiger partial charge in [0.2, 0.25) is 0 Å². The number of aromatic nitrogens is 1. The Bertz CT molecular complexity index is 4960. The van der Waals surface area contributed by atoms with Crippen LogP contribution in [0.25, 0.3) is 77.2 Å². The molecule has 1 aromatic heterocycles. The molecule has 404 valence electrons. The molecule has 0 aliphatic heterocycles. The van der Waals surface area contributed by atoms with Gasteiger partial charge in [-0.25, -0.2) is 0 Å². The SMILES string of the molecule is C1=CC2=C(CC1)c1ccc(N(c3ccccc3-c3ccccc3-c3ccc4c5ccccc5n(-c5ccc6c(c5)C(c5ccccc5)(c5ccccc5)c5ccccc5-6)c4c3)c3cccc4ccccc34)cc1C2(c1ccccc1)c1ccccc1. The summed E-state index contributed by atoms with van der Waals surface area (Å²) in [6, 6.07) is 118. The normalized spacial score (nSPS) is 14.3. The van der Waals surface area contributed by atoms with Crippen LogP contribution >= 0.6 is 0 Å². The Labute approximate surface area is 502 Å². The fourth-order valence-electron chi connectivity index (χ4n) is 15.5. The van der Waals surface area contributed by atoms with Gasteiger partial charge in [-0.2, -0.15) is 0 Å². The smallest absolute Gasteiger partial charge is 0.0714 e. The number of hydrogen-bond donors (Lipinski definition) is 0. The minimum absolute atomic E-state index is 0.518. The van der Waals surface area contributed by atoms with Crippen LogP contribution in [-0.4, -0.2) is 4.57 Å². The molecule has 0 bridgehead atoms. The average molecular weight is 1100 g/mol. The molecule has 0 amide bonds. The number of rotatable bonds is 10. The van der Waals surface area contributed by atoms with Crippen LogP contribution < -0.4 is 4.90 Å². The molecule has 0 saturated carbocycles. The molecule has 0 radical (unpaired) electrons. The van der Waals surface area contributed by atoms with Gasteiger partial charge in [-0.3, -0.25) is 0 Å². The largest absolute Gasteiger partial charge is 0.309 e. The first-order valence-electron chi connectivity index (χ1n) is 30.2. The number of anilines is 3. The lowest BCUT2D eigenvalue weighted by molar-refractivity contribution is 0.756. The molecule has 2 heteroatoms. The number of allylic oxidation sites excluding steroid dienone is 4. The third kappa shape index (κ3) is 7.33. The number of hydrogen-bond acceptors (Lipinski definition) is 1. The summed E-state index contributed by atoms with van der Waals surface area (Å²) < 4.78 is 2.51. The molecule has 3 aliphatic rings. The van der Waals surface area contributed by atoms with Gasteiger partial charge in [0.25, 0.3) is 0 Å². The van der Waals surface area contributed by atoms with Crippen molar-refractivity contribution in [3.63, 3.8) is 0 Å². The number of para-hydroxylation sites is 2. The van der Waals surface area contributed by atoms with Gasteiger partial charge in [-0.1, -0.05) is 279 Å². The standard InChI is InChI=1S/C84H58N2/c1-5-28-59(29-6-1)83(60-30-7-2-8-31-60)75-43-21-17-39-68(75)70-52-49-63(55-77(70)83)85(79-47-25-27-57-26-13-14-37-66(57)79)80-45-23-19-41-72(80)67-38-16-15-36-65(67)58-48-51-74-73-42-20-24-46-81(73)86(82(74)54-58)64-50-53-71-69-40-18-22-44-76(69)84(78(71)56-64,61-32-9-3-10-33-61)62-34-11-4-12-35-62/h1-16,18-38,40-56H,17,39H2. The molecule has 1 heterocycles. The highest BCUT2D eigenvalue weighted by atomic mass is 15.1. The molecular formula is C84H58N2. The summed E-state index contributed by atoms with van der Waals surface area (Å²) in [5.74, 6) is 0. The molecule has 3 aliphatic carbocycles. The first-order chi connectivity index (χ1) is 42.7. The monoisotopic (exact) mass is 1090 g/mol. The van der Waals surface area contributed by atoms with Crippen molar-refractivity contribution in [3.05, 3.63) is 378 Å². The van der Waals surface area contributed by atoms with Gasteiger partial charge in [0.05, 0.1) is 33.2 Å². The van der Waals surface area contributed by atoms with Gasteiger partial charge >= 0.3 is 0 Å². The molecule has 0 spiro atoms. The molecule has 0 N–H and O–H groups in total. The Morgan fingerprint density at radius 2 is 0.860 bits per heavy atom. The van der Waals surface area contributed by atoms with Crippen LogP contribution in [0.4, 0.5) is 17.1 Å². The highest BCUT2D eigenvalue weighted by Gasteiger charge is 2.48. The zero-order valence-electron chi connectivity index (χ0n) is 47.5. The summed E-state index contributed by atoms with van der Waals surface area (Å²) in [5.41, 5.74) is 26.1. The Kier molecular flexibility index (Phi) is 11.5. The number of fused-ring (bicyclic) bond motifs is 9. The van der Waals surface area contributed by atoms with Gasteiger partial charge in [0.1, 0.15) is 0 Å². The summed E-state index contributed by atoms with van der Waals surface area (Å²) in [6.45, 7) is 0. The second kappa shape index (κ2) is 19.9. The molecule has 2 nitrogen and oxygen atoms in total. The van der Waals surface area contributed by atoms with Crippen molar-refractivity contribution in [1.82, 2.24) is 4.57 Å². The van der Waals surface area contributed by atoms with E-state index >= 15 is 0 Å². The van der Waals surface area contributed by atoms with Crippen molar-refractivity contribution in [2.75, 3.05) is 4.90 Å². The predicted octanol–water partition coefficient (Wildman–Crippen LogP) is 21.6. The highest BCUT2D eigenvalue weighted by Crippen LogP contribution is 2.60. The molecule has 0 fully saturated rings. The van der Waals surface area contributed by atoms with Crippen molar-refractivity contribution in [3.8, 4) is 39.1 Å². The first kappa shape index (κ1) is 49.8. The van der Waals surface area contributed by atoms with E-state index < -0.39 is 10.8 Å². The van der Waals surface area contributed by atoms with E-state index in [-0.39, 0.29) is 0 Å². The van der Waals surface area contributed by atoms with Crippen LogP contribution in [0.1, 0.15) is 57.3 Å². The van der Waals surface area contributed by atoms with E-state index in [4.69, 9.17) is 0 Å². The van der Waals surface area contributed by atoms with Crippen molar-refractivity contribution in [2.24, 2.45) is 0 Å². The van der Waals surface area contributed by atoms with Crippen molar-refractivity contribution in [1.29, 1.82) is 0 Å². The Hall–Kier alpha value is -10.8. The Morgan fingerprint density at radius 3 is 1.59 bits per heavy atom. The van der Waals surface area contributed by atoms with Gasteiger partial charge in [0, 0.05) is 33.1 Å². The van der Waals surface area contributed by atoms with Gasteiger partial charge in [-0.05, 0) is 150 Å². The first-order valence-corrected chi connectivity index (χ1v) is 30.2. The fourth-order valence-corrected chi connectivity index (χ4v) is 15.5. The lowest BCUT2D eigenvalue weighted by Gasteiger charge is -2.36. The van der Waals surface area contributed by atoms with Crippen molar-refractivity contribution in [2.45, 2.75) is 23.7 Å². The van der Waals surface area contributed by atoms with E-state index in [2.05, 4.69) is 337 Å². The van der Waals surface area contributed by atoms with Crippen LogP contribution in [0, 0.1) is 0 Å². The summed E-state index contributed by atoms with van der Waals surface area (Å²) in [6.07, 6.45) is 6.84. The number of nitrogens with zero attached hydrogens (tertiary/aromatic N) is 2. The lowest BCUT2D eigenvalue weighted by Crippen LogP contribution is -2.29. The maximum Gasteiger partial charge on any atom is 0.0714 e. The minimum Gasteiger partial charge on any atom is -0.309 e. The summed E-state index contributed by atoms with van der Waals surface area (Å²) >= 11 is 0. The maximum absolute atomic E-state index is 2.54. The zero-order valence-corrected chi connectivity index (χ0v) is 47.5. The summed E-state index contributed by atoms with van der Waals surface area (Å²) in [7, 11) is 0. The second-order valence-electron chi connectivity index (χ2n) is 23.3. The Balaban J connectivity index is 0.864. The Morgan fingerprint density at radius 1 is 0.326 bits per heavy atom. The molecular weight excluding hydrogens is 1040 g/mol. The average Bonchev–Trinajstić information content (AvgIpc) is 1.66. The minimum atomic E-state index is -0.527. The fraction of sp³-hybridized carbons (Fsp3) is 0.0476. The van der Waals surface area contributed by atoms with Crippen LogP contribution in [0.15, 0.2) is 333 Å². The van der Waals surface area contributed by atoms with E-state index in [1.54, 1.807) is 0 Å². The molecule has 0 unspecified atom stereocenters. The van der Waals surface area contributed by atoms with Gasteiger partial charge in [-0.15, -0.1) is 0 Å². The molecule has 14 aromatic rings. The van der Waals surface area contributed by atoms with E-state index in [9.17, 15) is 0 Å². The van der Waals surface area contributed by atoms with Crippen molar-refractivity contribution < 1.29 is 0 Å². The van der Waals surface area contributed by atoms with Crippen molar-refractivity contribution >= 4 is 55.2 Å². The summed E-state index contributed by atoms with van der Waals surface area (Å²) in [5, 5.41) is 4.83. The van der Waals surface area contributed by atoms with E-state index in [0.29, 0.717) is 0 Å². The molecule has 13 aromatic carbocycles.